The van der Waals surface area contributed by atoms with Gasteiger partial charge in [0.15, 0.2) is 0 Å². The summed E-state index contributed by atoms with van der Waals surface area (Å²) in [5.74, 6) is -0.0448. The Labute approximate surface area is 92.4 Å². The van der Waals surface area contributed by atoms with Crippen LogP contribution < -0.4 is 5.32 Å². The molecule has 0 bridgehead atoms. The van der Waals surface area contributed by atoms with Crippen LogP contribution in [0.2, 0.25) is 0 Å². The predicted molar refractivity (Wildman–Crippen MR) is 60.3 cm³/mol. The van der Waals surface area contributed by atoms with Crippen LogP contribution in [0.3, 0.4) is 0 Å². The van der Waals surface area contributed by atoms with E-state index in [4.69, 9.17) is 0 Å². The zero-order chi connectivity index (χ0) is 10.6. The highest BCUT2D eigenvalue weighted by Crippen LogP contribution is 2.10. The van der Waals surface area contributed by atoms with E-state index in [-0.39, 0.29) is 11.9 Å². The molecule has 1 aromatic heterocycles. The molecule has 1 aromatic rings. The molecule has 0 aliphatic rings. The molecular formula is C10H15BrN2O. The summed E-state index contributed by atoms with van der Waals surface area (Å²) in [4.78, 5) is 14.5. The van der Waals surface area contributed by atoms with E-state index in [0.717, 1.165) is 17.3 Å². The van der Waals surface area contributed by atoms with E-state index in [0.29, 0.717) is 5.69 Å². The van der Waals surface area contributed by atoms with Crippen molar-refractivity contribution in [3.8, 4) is 0 Å². The van der Waals surface area contributed by atoms with Gasteiger partial charge in [0.2, 0.25) is 0 Å². The number of hydrogen-bond acceptors (Lipinski definition) is 1. The molecule has 4 heteroatoms. The highest BCUT2D eigenvalue weighted by molar-refractivity contribution is 9.10. The zero-order valence-electron chi connectivity index (χ0n) is 8.43. The molecule has 1 unspecified atom stereocenters. The Morgan fingerprint density at radius 2 is 2.43 bits per heavy atom. The molecule has 0 fully saturated rings. The fraction of sp³-hybridized carbons (Fsp3) is 0.500. The van der Waals surface area contributed by atoms with Gasteiger partial charge in [-0.15, -0.1) is 0 Å². The second kappa shape index (κ2) is 5.20. The Morgan fingerprint density at radius 3 is 2.93 bits per heavy atom. The molecule has 0 saturated heterocycles. The Balaban J connectivity index is 2.50. The van der Waals surface area contributed by atoms with Crippen LogP contribution in [0, 0.1) is 0 Å². The van der Waals surface area contributed by atoms with E-state index in [1.807, 2.05) is 6.92 Å². The van der Waals surface area contributed by atoms with E-state index in [2.05, 4.69) is 33.2 Å². The number of amides is 1. The van der Waals surface area contributed by atoms with Crippen molar-refractivity contribution >= 4 is 21.8 Å². The first-order chi connectivity index (χ1) is 6.63. The third-order valence-corrected chi connectivity index (χ3v) is 2.45. The van der Waals surface area contributed by atoms with Crippen LogP contribution in [0.4, 0.5) is 0 Å². The SMILES string of the molecule is CCCC(C)NC(=O)c1cc(Br)c[nH]1. The fourth-order valence-corrected chi connectivity index (χ4v) is 1.65. The maximum atomic E-state index is 11.6. The van der Waals surface area contributed by atoms with Gasteiger partial charge in [-0.3, -0.25) is 4.79 Å². The summed E-state index contributed by atoms with van der Waals surface area (Å²) in [5.41, 5.74) is 0.597. The van der Waals surface area contributed by atoms with Gasteiger partial charge in [-0.2, -0.15) is 0 Å². The maximum Gasteiger partial charge on any atom is 0.267 e. The predicted octanol–water partition coefficient (Wildman–Crippen LogP) is 2.70. The van der Waals surface area contributed by atoms with Crippen molar-refractivity contribution in [3.63, 3.8) is 0 Å². The summed E-state index contributed by atoms with van der Waals surface area (Å²) >= 11 is 3.29. The minimum Gasteiger partial charge on any atom is -0.356 e. The highest BCUT2D eigenvalue weighted by atomic mass is 79.9. The lowest BCUT2D eigenvalue weighted by Crippen LogP contribution is -2.32. The van der Waals surface area contributed by atoms with E-state index in [9.17, 15) is 4.79 Å². The summed E-state index contributed by atoms with van der Waals surface area (Å²) in [7, 11) is 0. The summed E-state index contributed by atoms with van der Waals surface area (Å²) in [6, 6.07) is 2.00. The first-order valence-corrected chi connectivity index (χ1v) is 5.57. The van der Waals surface area contributed by atoms with Crippen molar-refractivity contribution in [2.45, 2.75) is 32.7 Å². The zero-order valence-corrected chi connectivity index (χ0v) is 10.0. The molecule has 14 heavy (non-hydrogen) atoms. The molecule has 78 valence electrons. The van der Waals surface area contributed by atoms with Crippen LogP contribution in [-0.4, -0.2) is 16.9 Å². The molecule has 0 aliphatic carbocycles. The summed E-state index contributed by atoms with van der Waals surface area (Å²) in [6.07, 6.45) is 3.84. The number of H-pyrrole nitrogens is 1. The molecule has 1 heterocycles. The first-order valence-electron chi connectivity index (χ1n) is 4.78. The summed E-state index contributed by atoms with van der Waals surface area (Å²) in [5, 5.41) is 2.92. The Hall–Kier alpha value is -0.770. The molecule has 1 atom stereocenters. The van der Waals surface area contributed by atoms with Crippen molar-refractivity contribution in [1.82, 2.24) is 10.3 Å². The monoisotopic (exact) mass is 258 g/mol. The van der Waals surface area contributed by atoms with Crippen LogP contribution in [0.15, 0.2) is 16.7 Å². The first kappa shape index (κ1) is 11.3. The lowest BCUT2D eigenvalue weighted by Gasteiger charge is -2.11. The normalized spacial score (nSPS) is 12.5. The lowest BCUT2D eigenvalue weighted by atomic mass is 10.2. The van der Waals surface area contributed by atoms with Gasteiger partial charge in [-0.1, -0.05) is 13.3 Å². The topological polar surface area (TPSA) is 44.9 Å². The molecule has 2 N–H and O–H groups in total. The Kier molecular flexibility index (Phi) is 4.20. The minimum atomic E-state index is -0.0448. The van der Waals surface area contributed by atoms with Gasteiger partial charge < -0.3 is 10.3 Å². The van der Waals surface area contributed by atoms with Gasteiger partial charge in [0.25, 0.3) is 5.91 Å². The number of aromatic nitrogens is 1. The Bertz CT molecular complexity index is 309. The van der Waals surface area contributed by atoms with E-state index in [1.54, 1.807) is 12.3 Å². The van der Waals surface area contributed by atoms with Crippen LogP contribution >= 0.6 is 15.9 Å². The molecule has 1 amide bonds. The van der Waals surface area contributed by atoms with Crippen molar-refractivity contribution in [2.75, 3.05) is 0 Å². The van der Waals surface area contributed by atoms with Gasteiger partial charge in [0, 0.05) is 16.7 Å². The van der Waals surface area contributed by atoms with Crippen LogP contribution in [0.1, 0.15) is 37.2 Å². The number of hydrogen-bond donors (Lipinski definition) is 2. The van der Waals surface area contributed by atoms with Crippen molar-refractivity contribution in [2.24, 2.45) is 0 Å². The van der Waals surface area contributed by atoms with E-state index < -0.39 is 0 Å². The average Bonchev–Trinajstić information content (AvgIpc) is 2.52. The minimum absolute atomic E-state index is 0.0448. The van der Waals surface area contributed by atoms with Gasteiger partial charge >= 0.3 is 0 Å². The third kappa shape index (κ3) is 3.18. The highest BCUT2D eigenvalue weighted by Gasteiger charge is 2.10. The van der Waals surface area contributed by atoms with Crippen LogP contribution in [0.25, 0.3) is 0 Å². The maximum absolute atomic E-state index is 11.6. The number of nitrogens with one attached hydrogen (secondary N) is 2. The van der Waals surface area contributed by atoms with Crippen LogP contribution in [-0.2, 0) is 0 Å². The molecule has 0 spiro atoms. The number of carbonyl (C=O) groups is 1. The largest absolute Gasteiger partial charge is 0.356 e. The standard InChI is InChI=1S/C10H15BrN2O/c1-3-4-7(2)13-10(14)9-5-8(11)6-12-9/h5-7,12H,3-4H2,1-2H3,(H,13,14). The quantitative estimate of drug-likeness (QED) is 0.857. The van der Waals surface area contributed by atoms with E-state index >= 15 is 0 Å². The van der Waals surface area contributed by atoms with Gasteiger partial charge in [0.05, 0.1) is 0 Å². The lowest BCUT2D eigenvalue weighted by molar-refractivity contribution is 0.0934. The van der Waals surface area contributed by atoms with Crippen LogP contribution in [0.5, 0.6) is 0 Å². The number of halogens is 1. The number of carbonyl (C=O) groups excluding carboxylic acids is 1. The van der Waals surface area contributed by atoms with E-state index in [1.165, 1.54) is 0 Å². The molecule has 3 nitrogen and oxygen atoms in total. The number of rotatable bonds is 4. The molecule has 1 rings (SSSR count). The molecular weight excluding hydrogens is 244 g/mol. The summed E-state index contributed by atoms with van der Waals surface area (Å²) in [6.45, 7) is 4.12. The average molecular weight is 259 g/mol. The van der Waals surface area contributed by atoms with Crippen molar-refractivity contribution in [1.29, 1.82) is 0 Å². The Morgan fingerprint density at radius 1 is 1.71 bits per heavy atom. The van der Waals surface area contributed by atoms with Gasteiger partial charge in [-0.05, 0) is 35.3 Å². The van der Waals surface area contributed by atoms with Crippen molar-refractivity contribution < 1.29 is 4.79 Å². The van der Waals surface area contributed by atoms with Gasteiger partial charge in [-0.25, -0.2) is 0 Å². The molecule has 0 aliphatic heterocycles. The fourth-order valence-electron chi connectivity index (χ4n) is 1.31. The second-order valence-electron chi connectivity index (χ2n) is 3.39. The summed E-state index contributed by atoms with van der Waals surface area (Å²) < 4.78 is 0.894. The molecule has 0 radical (unpaired) electrons. The molecule has 0 aromatic carbocycles. The smallest absolute Gasteiger partial charge is 0.267 e. The second-order valence-corrected chi connectivity index (χ2v) is 4.31. The number of aromatic amines is 1. The molecule has 0 saturated carbocycles. The van der Waals surface area contributed by atoms with Crippen molar-refractivity contribution in [3.05, 3.63) is 22.4 Å². The van der Waals surface area contributed by atoms with Gasteiger partial charge in [0.1, 0.15) is 5.69 Å². The third-order valence-electron chi connectivity index (χ3n) is 1.99.